The summed E-state index contributed by atoms with van der Waals surface area (Å²) >= 11 is 13.5. The summed E-state index contributed by atoms with van der Waals surface area (Å²) in [5.41, 5.74) is 4.05. The van der Waals surface area contributed by atoms with Gasteiger partial charge in [-0.2, -0.15) is 5.26 Å². The van der Waals surface area contributed by atoms with E-state index in [1.54, 1.807) is 24.3 Å². The number of amides is 2. The number of anilines is 2. The topological polar surface area (TPSA) is 73.2 Å². The number of nitriles is 1. The minimum absolute atomic E-state index is 0.122. The quantitative estimate of drug-likeness (QED) is 0.255. The number of carbonyl (C=O) groups excluding carboxylic acids is 2. The van der Waals surface area contributed by atoms with Crippen LogP contribution in [0.15, 0.2) is 77.3 Å². The minimum Gasteiger partial charge on any atom is -0.321 e. The fourth-order valence-electron chi connectivity index (χ4n) is 3.94. The summed E-state index contributed by atoms with van der Waals surface area (Å²) in [6.45, 7) is 6.13. The van der Waals surface area contributed by atoms with Gasteiger partial charge in [0.25, 0.3) is 5.91 Å². The highest BCUT2D eigenvalue weighted by atomic mass is 35.5. The highest BCUT2D eigenvalue weighted by Crippen LogP contribution is 2.42. The molecule has 8 heteroatoms. The molecular weight excluding hydrogens is 525 g/mol. The standard InChI is InChI=1S/C29H25Cl2N3O2S/c1-17(2)20-7-11-22(12-8-20)34-28(36)26(15-19-6-13-24(30)25(31)14-19)37-29(34)23(16-32)27(35)33-21-9-4-18(3)5-10-21/h4-14,17,26H,15H2,1-3H3,(H,33,35)/b29-23-. The third-order valence-corrected chi connectivity index (χ3v) is 8.04. The Morgan fingerprint density at radius 2 is 1.73 bits per heavy atom. The van der Waals surface area contributed by atoms with Crippen molar-refractivity contribution >= 4 is 58.2 Å². The van der Waals surface area contributed by atoms with Gasteiger partial charge < -0.3 is 5.32 Å². The number of thioether (sulfide) groups is 1. The van der Waals surface area contributed by atoms with Crippen LogP contribution in [0.4, 0.5) is 11.4 Å². The normalized spacial score (nSPS) is 16.6. The Labute approximate surface area is 231 Å². The Kier molecular flexibility index (Phi) is 8.29. The number of aryl methyl sites for hydroxylation is 1. The maximum absolute atomic E-state index is 13.7. The second-order valence-electron chi connectivity index (χ2n) is 9.09. The maximum Gasteiger partial charge on any atom is 0.269 e. The molecule has 0 bridgehead atoms. The molecule has 1 heterocycles. The predicted octanol–water partition coefficient (Wildman–Crippen LogP) is 7.49. The SMILES string of the molecule is Cc1ccc(NC(=O)/C(C#N)=C2\SC(Cc3ccc(Cl)c(Cl)c3)C(=O)N2c2ccc(C(C)C)cc2)cc1. The Morgan fingerprint density at radius 1 is 1.05 bits per heavy atom. The largest absolute Gasteiger partial charge is 0.321 e. The van der Waals surface area contributed by atoms with Gasteiger partial charge in [-0.05, 0) is 66.8 Å². The van der Waals surface area contributed by atoms with Crippen molar-refractivity contribution in [3.63, 3.8) is 0 Å². The number of benzene rings is 3. The lowest BCUT2D eigenvalue weighted by Crippen LogP contribution is -2.31. The van der Waals surface area contributed by atoms with Crippen LogP contribution in [0.5, 0.6) is 0 Å². The molecule has 3 aromatic carbocycles. The van der Waals surface area contributed by atoms with Crippen molar-refractivity contribution < 1.29 is 9.59 Å². The number of rotatable bonds is 6. The van der Waals surface area contributed by atoms with E-state index in [2.05, 4.69) is 19.2 Å². The van der Waals surface area contributed by atoms with Crippen LogP contribution in [0.25, 0.3) is 0 Å². The third kappa shape index (κ3) is 6.02. The van der Waals surface area contributed by atoms with Gasteiger partial charge in [0.15, 0.2) is 0 Å². The lowest BCUT2D eigenvalue weighted by Gasteiger charge is -2.19. The number of halogens is 2. The van der Waals surface area contributed by atoms with Crippen LogP contribution in [0.2, 0.25) is 10.0 Å². The molecule has 0 aliphatic carbocycles. The van der Waals surface area contributed by atoms with Crippen LogP contribution in [0.1, 0.15) is 36.5 Å². The van der Waals surface area contributed by atoms with E-state index in [0.717, 1.165) is 16.7 Å². The number of hydrogen-bond acceptors (Lipinski definition) is 4. The average molecular weight is 551 g/mol. The maximum atomic E-state index is 13.7. The molecule has 1 saturated heterocycles. The number of nitrogens with one attached hydrogen (secondary N) is 1. The molecule has 1 aliphatic heterocycles. The first kappa shape index (κ1) is 26.8. The Balaban J connectivity index is 1.73. The van der Waals surface area contributed by atoms with Crippen molar-refractivity contribution in [3.05, 3.63) is 104 Å². The Bertz CT molecular complexity index is 1410. The molecule has 1 N–H and O–H groups in total. The Morgan fingerprint density at radius 3 is 2.32 bits per heavy atom. The summed E-state index contributed by atoms with van der Waals surface area (Å²) in [5.74, 6) is -0.454. The molecule has 0 saturated carbocycles. The van der Waals surface area contributed by atoms with Crippen LogP contribution >= 0.6 is 35.0 Å². The number of carbonyl (C=O) groups is 2. The first-order valence-electron chi connectivity index (χ1n) is 11.7. The van der Waals surface area contributed by atoms with Crippen LogP contribution in [-0.4, -0.2) is 17.1 Å². The molecule has 1 unspecified atom stereocenters. The van der Waals surface area contributed by atoms with Gasteiger partial charge in [-0.1, -0.05) is 84.7 Å². The van der Waals surface area contributed by atoms with E-state index in [9.17, 15) is 14.9 Å². The zero-order valence-corrected chi connectivity index (χ0v) is 22.9. The van der Waals surface area contributed by atoms with Crippen molar-refractivity contribution in [2.45, 2.75) is 38.4 Å². The van der Waals surface area contributed by atoms with Crippen LogP contribution < -0.4 is 10.2 Å². The van der Waals surface area contributed by atoms with E-state index < -0.39 is 11.2 Å². The van der Waals surface area contributed by atoms with Crippen LogP contribution in [-0.2, 0) is 16.0 Å². The van der Waals surface area contributed by atoms with Crippen LogP contribution in [0.3, 0.4) is 0 Å². The second-order valence-corrected chi connectivity index (χ2v) is 11.1. The van der Waals surface area contributed by atoms with Gasteiger partial charge in [-0.25, -0.2) is 0 Å². The van der Waals surface area contributed by atoms with Gasteiger partial charge in [-0.15, -0.1) is 0 Å². The van der Waals surface area contributed by atoms with E-state index in [4.69, 9.17) is 23.2 Å². The Hall–Kier alpha value is -3.24. The van der Waals surface area contributed by atoms with Crippen molar-refractivity contribution in [3.8, 4) is 6.07 Å². The molecule has 1 fully saturated rings. The van der Waals surface area contributed by atoms with Crippen LogP contribution in [0, 0.1) is 18.3 Å². The molecule has 37 heavy (non-hydrogen) atoms. The van der Waals surface area contributed by atoms with Crippen molar-refractivity contribution in [1.82, 2.24) is 0 Å². The summed E-state index contributed by atoms with van der Waals surface area (Å²) in [4.78, 5) is 28.4. The first-order chi connectivity index (χ1) is 17.7. The zero-order valence-electron chi connectivity index (χ0n) is 20.6. The molecular formula is C29H25Cl2N3O2S. The molecule has 1 aliphatic rings. The summed E-state index contributed by atoms with van der Waals surface area (Å²) in [6.07, 6.45) is 0.364. The highest BCUT2D eigenvalue weighted by Gasteiger charge is 2.41. The molecule has 0 aromatic heterocycles. The first-order valence-corrected chi connectivity index (χ1v) is 13.4. The molecule has 1 atom stereocenters. The summed E-state index contributed by atoms with van der Waals surface area (Å²) in [5, 5.41) is 13.4. The van der Waals surface area contributed by atoms with Gasteiger partial charge in [0.1, 0.15) is 16.7 Å². The monoisotopic (exact) mass is 549 g/mol. The third-order valence-electron chi connectivity index (χ3n) is 6.04. The van der Waals surface area contributed by atoms with E-state index >= 15 is 0 Å². The van der Waals surface area contributed by atoms with Crippen molar-refractivity contribution in [2.75, 3.05) is 10.2 Å². The van der Waals surface area contributed by atoms with E-state index in [-0.39, 0.29) is 11.5 Å². The lowest BCUT2D eigenvalue weighted by atomic mass is 10.0. The van der Waals surface area contributed by atoms with Gasteiger partial charge in [0, 0.05) is 11.4 Å². The van der Waals surface area contributed by atoms with Gasteiger partial charge in [-0.3, -0.25) is 14.5 Å². The van der Waals surface area contributed by atoms with Crippen molar-refractivity contribution in [1.29, 1.82) is 5.26 Å². The van der Waals surface area contributed by atoms with E-state index in [1.807, 2.05) is 55.5 Å². The summed E-state index contributed by atoms with van der Waals surface area (Å²) in [6, 6.07) is 22.2. The van der Waals surface area contributed by atoms with Crippen molar-refractivity contribution in [2.24, 2.45) is 0 Å². The summed E-state index contributed by atoms with van der Waals surface area (Å²) in [7, 11) is 0. The molecule has 3 aromatic rings. The molecule has 0 spiro atoms. The zero-order chi connectivity index (χ0) is 26.7. The molecule has 188 valence electrons. The molecule has 0 radical (unpaired) electrons. The minimum atomic E-state index is -0.569. The predicted molar refractivity (Wildman–Crippen MR) is 152 cm³/mol. The fourth-order valence-corrected chi connectivity index (χ4v) is 5.57. The molecule has 5 nitrogen and oxygen atoms in total. The van der Waals surface area contributed by atoms with Gasteiger partial charge in [0.05, 0.1) is 15.3 Å². The second kappa shape index (κ2) is 11.4. The van der Waals surface area contributed by atoms with Gasteiger partial charge in [0.2, 0.25) is 5.91 Å². The lowest BCUT2D eigenvalue weighted by molar-refractivity contribution is -0.117. The van der Waals surface area contributed by atoms with E-state index in [0.29, 0.717) is 38.8 Å². The number of nitrogens with zero attached hydrogens (tertiary/aromatic N) is 2. The summed E-state index contributed by atoms with van der Waals surface area (Å²) < 4.78 is 0. The van der Waals surface area contributed by atoms with Gasteiger partial charge >= 0.3 is 0 Å². The number of hydrogen-bond donors (Lipinski definition) is 1. The van der Waals surface area contributed by atoms with E-state index in [1.165, 1.54) is 16.7 Å². The molecule has 4 rings (SSSR count). The average Bonchev–Trinajstić information content (AvgIpc) is 3.18. The molecule has 2 amide bonds. The smallest absolute Gasteiger partial charge is 0.269 e. The fraction of sp³-hybridized carbons (Fsp3) is 0.207. The highest BCUT2D eigenvalue weighted by molar-refractivity contribution is 8.05.